The van der Waals surface area contributed by atoms with Crippen LogP contribution in [0.2, 0.25) is 0 Å². The number of aliphatic hydroxyl groups is 1. The number of sulfonamides is 1. The number of rotatable bonds is 15. The zero-order valence-corrected chi connectivity index (χ0v) is 24.3. The summed E-state index contributed by atoms with van der Waals surface area (Å²) in [4.78, 5) is 24.5. The average Bonchev–Trinajstić information content (AvgIpc) is 2.88. The van der Waals surface area contributed by atoms with Crippen molar-refractivity contribution in [1.29, 1.82) is 0 Å². The molecule has 39 heavy (non-hydrogen) atoms. The van der Waals surface area contributed by atoms with E-state index < -0.39 is 33.8 Å². The van der Waals surface area contributed by atoms with Gasteiger partial charge < -0.3 is 19.7 Å². The van der Waals surface area contributed by atoms with Gasteiger partial charge in [-0.3, -0.25) is 4.90 Å². The highest BCUT2D eigenvalue weighted by Crippen LogP contribution is 2.26. The van der Waals surface area contributed by atoms with E-state index in [0.29, 0.717) is 25.0 Å². The molecule has 0 aliphatic rings. The second kappa shape index (κ2) is 14.4. The topological polar surface area (TPSA) is 124 Å². The van der Waals surface area contributed by atoms with Crippen LogP contribution in [0.4, 0.5) is 4.79 Å². The number of aliphatic hydroxyl groups excluding tert-OH is 1. The van der Waals surface area contributed by atoms with E-state index in [9.17, 15) is 28.2 Å². The van der Waals surface area contributed by atoms with Gasteiger partial charge in [0, 0.05) is 25.0 Å². The number of hydrogen-bond donors (Lipinski definition) is 2. The van der Waals surface area contributed by atoms with Crippen molar-refractivity contribution in [3.63, 3.8) is 0 Å². The van der Waals surface area contributed by atoms with E-state index in [4.69, 9.17) is 4.74 Å². The van der Waals surface area contributed by atoms with Crippen molar-refractivity contribution in [2.45, 2.75) is 76.0 Å². The molecule has 2 rings (SSSR count). The molecule has 0 aromatic heterocycles. The quantitative estimate of drug-likeness (QED) is 0.308. The van der Waals surface area contributed by atoms with E-state index in [1.165, 1.54) is 28.4 Å². The Morgan fingerprint density at radius 3 is 2.18 bits per heavy atom. The van der Waals surface area contributed by atoms with E-state index in [0.717, 1.165) is 11.8 Å². The molecular formula is C29H42N2O7S. The van der Waals surface area contributed by atoms with Crippen LogP contribution in [-0.4, -0.2) is 78.1 Å². The molecule has 10 heteroatoms. The number of ether oxygens (including phenoxy) is 1. The van der Waals surface area contributed by atoms with Gasteiger partial charge in [-0.15, -0.1) is 0 Å². The minimum atomic E-state index is -4.04. The maximum atomic E-state index is 13.8. The summed E-state index contributed by atoms with van der Waals surface area (Å²) in [5.74, 6) is 0.583. The fourth-order valence-electron chi connectivity index (χ4n) is 4.58. The van der Waals surface area contributed by atoms with Crippen LogP contribution in [0, 0.1) is 5.92 Å². The van der Waals surface area contributed by atoms with Gasteiger partial charge in [-0.25, -0.2) is 13.2 Å². The first-order valence-electron chi connectivity index (χ1n) is 13.1. The summed E-state index contributed by atoms with van der Waals surface area (Å²) < 4.78 is 33.9. The Balaban J connectivity index is 2.46. The summed E-state index contributed by atoms with van der Waals surface area (Å²) in [7, 11) is -2.55. The summed E-state index contributed by atoms with van der Waals surface area (Å²) in [6.45, 7) is 6.98. The van der Waals surface area contributed by atoms with Crippen LogP contribution in [0.25, 0.3) is 0 Å². The van der Waals surface area contributed by atoms with Crippen molar-refractivity contribution in [2.75, 3.05) is 20.2 Å². The summed E-state index contributed by atoms with van der Waals surface area (Å²) >= 11 is 0. The van der Waals surface area contributed by atoms with Crippen LogP contribution < -0.4 is 4.74 Å². The molecule has 3 atom stereocenters. The van der Waals surface area contributed by atoms with Crippen molar-refractivity contribution >= 4 is 22.4 Å². The summed E-state index contributed by atoms with van der Waals surface area (Å²) in [5, 5.41) is 21.7. The normalized spacial score (nSPS) is 14.4. The zero-order chi connectivity index (χ0) is 29.2. The number of carbonyl (C=O) groups excluding carboxylic acids is 1. The molecule has 0 saturated heterocycles. The highest BCUT2D eigenvalue weighted by Gasteiger charge is 2.39. The van der Waals surface area contributed by atoms with Gasteiger partial charge in [-0.1, -0.05) is 37.3 Å². The minimum absolute atomic E-state index is 0.0431. The molecule has 0 radical (unpaired) electrons. The Bertz CT molecular complexity index is 1150. The number of amides is 1. The van der Waals surface area contributed by atoms with E-state index >= 15 is 0 Å². The van der Waals surface area contributed by atoms with Crippen molar-refractivity contribution in [3.05, 3.63) is 60.2 Å². The molecule has 2 aromatic rings. The monoisotopic (exact) mass is 562 g/mol. The molecule has 0 heterocycles. The average molecular weight is 563 g/mol. The third-order valence-corrected chi connectivity index (χ3v) is 8.61. The molecule has 0 saturated carbocycles. The van der Waals surface area contributed by atoms with Gasteiger partial charge in [0.15, 0.2) is 0 Å². The smallest absolute Gasteiger partial charge is 0.408 e. The van der Waals surface area contributed by atoms with Crippen molar-refractivity contribution in [2.24, 2.45) is 5.92 Å². The van der Waals surface area contributed by atoms with E-state index in [1.807, 2.05) is 37.3 Å². The number of hydrogen-bond acceptors (Lipinski definition) is 6. The Morgan fingerprint density at radius 2 is 1.67 bits per heavy atom. The third-order valence-electron chi connectivity index (χ3n) is 6.73. The Labute approximate surface area is 232 Å². The van der Waals surface area contributed by atoms with Gasteiger partial charge in [0.25, 0.3) is 0 Å². The summed E-state index contributed by atoms with van der Waals surface area (Å²) in [6.07, 6.45) is 0.00327. The standard InChI is InChI=1S/C29H42N2O7S/c1-22(10-9-19-32)17-18-30(39(36,37)25-15-13-24(38-5)14-16-25)21-27(33)26(20-23-11-7-6-8-12-23)31(28(34)35)29(2,3)4/h6-8,11-16,19,22,26-27,33H,9-10,17-18,20-21H2,1-5H3,(H,34,35)/t22?,26-,27+/m0/s1. The maximum absolute atomic E-state index is 13.8. The van der Waals surface area contributed by atoms with Crippen LogP contribution >= 0.6 is 0 Å². The lowest BCUT2D eigenvalue weighted by Gasteiger charge is -2.42. The molecule has 9 nitrogen and oxygen atoms in total. The minimum Gasteiger partial charge on any atom is -0.497 e. The highest BCUT2D eigenvalue weighted by molar-refractivity contribution is 7.89. The van der Waals surface area contributed by atoms with Crippen molar-refractivity contribution < 1.29 is 33.0 Å². The van der Waals surface area contributed by atoms with Crippen LogP contribution in [0.15, 0.2) is 59.5 Å². The maximum Gasteiger partial charge on any atom is 0.408 e. The van der Waals surface area contributed by atoms with Gasteiger partial charge in [0.2, 0.25) is 10.0 Å². The molecule has 1 unspecified atom stereocenters. The molecule has 2 N–H and O–H groups in total. The molecule has 0 fully saturated rings. The SMILES string of the molecule is COc1ccc(S(=O)(=O)N(CCC(C)CCC=O)C[C@@H](O)[C@H](Cc2ccccc2)N(C(=O)O)C(C)(C)C)cc1. The molecule has 2 aromatic carbocycles. The number of methoxy groups -OCH3 is 1. The van der Waals surface area contributed by atoms with E-state index in [-0.39, 0.29) is 30.3 Å². The second-order valence-corrected chi connectivity index (χ2v) is 12.8. The molecule has 0 aliphatic heterocycles. The van der Waals surface area contributed by atoms with Gasteiger partial charge in [-0.2, -0.15) is 4.31 Å². The predicted molar refractivity (Wildman–Crippen MR) is 150 cm³/mol. The van der Waals surface area contributed by atoms with Crippen LogP contribution in [0.5, 0.6) is 5.75 Å². The van der Waals surface area contributed by atoms with Gasteiger partial charge in [0.05, 0.1) is 24.2 Å². The molecule has 0 bridgehead atoms. The third kappa shape index (κ3) is 9.33. The number of aldehydes is 1. The van der Waals surface area contributed by atoms with Crippen LogP contribution in [0.3, 0.4) is 0 Å². The first-order valence-corrected chi connectivity index (χ1v) is 14.6. The Hall–Kier alpha value is -2.95. The lowest BCUT2D eigenvalue weighted by molar-refractivity contribution is -0.108. The van der Waals surface area contributed by atoms with Crippen LogP contribution in [-0.2, 0) is 21.2 Å². The fraction of sp³-hybridized carbons (Fsp3) is 0.517. The number of carboxylic acid groups (broad SMARTS) is 1. The largest absolute Gasteiger partial charge is 0.497 e. The molecule has 216 valence electrons. The lowest BCUT2D eigenvalue weighted by Crippen LogP contribution is -2.58. The fourth-order valence-corrected chi connectivity index (χ4v) is 6.05. The lowest BCUT2D eigenvalue weighted by atomic mass is 9.94. The molecular weight excluding hydrogens is 520 g/mol. The zero-order valence-electron chi connectivity index (χ0n) is 23.5. The van der Waals surface area contributed by atoms with E-state index in [1.54, 1.807) is 32.9 Å². The first kappa shape index (κ1) is 32.3. The second-order valence-electron chi connectivity index (χ2n) is 10.8. The van der Waals surface area contributed by atoms with Gasteiger partial charge in [-0.05, 0) is 75.8 Å². The summed E-state index contributed by atoms with van der Waals surface area (Å²) in [6, 6.07) is 14.3. The van der Waals surface area contributed by atoms with Gasteiger partial charge >= 0.3 is 6.09 Å². The molecule has 0 aliphatic carbocycles. The number of nitrogens with zero attached hydrogens (tertiary/aromatic N) is 2. The number of benzene rings is 2. The van der Waals surface area contributed by atoms with Crippen molar-refractivity contribution in [1.82, 2.24) is 9.21 Å². The Kier molecular flexibility index (Phi) is 11.9. The molecule has 1 amide bonds. The highest BCUT2D eigenvalue weighted by atomic mass is 32.2. The predicted octanol–water partition coefficient (Wildman–Crippen LogP) is 4.44. The molecule has 0 spiro atoms. The number of carbonyl (C=O) groups is 2. The summed E-state index contributed by atoms with van der Waals surface area (Å²) in [5.41, 5.74) is -0.0287. The van der Waals surface area contributed by atoms with Crippen molar-refractivity contribution in [3.8, 4) is 5.75 Å². The first-order chi connectivity index (χ1) is 18.3. The van der Waals surface area contributed by atoms with Gasteiger partial charge in [0.1, 0.15) is 12.0 Å². The van der Waals surface area contributed by atoms with E-state index in [2.05, 4.69) is 0 Å². The Morgan fingerprint density at radius 1 is 1.05 bits per heavy atom. The van der Waals surface area contributed by atoms with Crippen LogP contribution in [0.1, 0.15) is 52.5 Å².